The normalized spacial score (nSPS) is 23.2. The van der Waals surface area contributed by atoms with Crippen molar-refractivity contribution in [1.82, 2.24) is 14.7 Å². The summed E-state index contributed by atoms with van der Waals surface area (Å²) < 4.78 is 41.8. The molecular formula is C21H31F2N3O4. The number of rotatable bonds is 3. The molecule has 1 aromatic rings. The maximum atomic E-state index is 15.1. The van der Waals surface area contributed by atoms with Crippen LogP contribution in [0.15, 0.2) is 0 Å². The topological polar surface area (TPSA) is 73.7 Å². The number of hydrogen-bond donors (Lipinski definition) is 0. The van der Waals surface area contributed by atoms with Crippen LogP contribution in [0.5, 0.6) is 0 Å². The van der Waals surface area contributed by atoms with Crippen LogP contribution in [0.25, 0.3) is 0 Å². The highest BCUT2D eigenvalue weighted by atomic mass is 19.3. The average molecular weight is 427 g/mol. The number of hydrogen-bond acceptors (Lipinski definition) is 5. The molecule has 0 saturated heterocycles. The minimum Gasteiger partial charge on any atom is -0.469 e. The van der Waals surface area contributed by atoms with Gasteiger partial charge in [0.1, 0.15) is 11.3 Å². The smallest absolute Gasteiger partial charge is 0.410 e. The number of ether oxygens (including phenoxy) is 2. The Morgan fingerprint density at radius 3 is 2.63 bits per heavy atom. The van der Waals surface area contributed by atoms with Crippen LogP contribution < -0.4 is 0 Å². The van der Waals surface area contributed by atoms with Crippen LogP contribution in [-0.4, -0.2) is 45.5 Å². The third-order valence-electron chi connectivity index (χ3n) is 5.74. The van der Waals surface area contributed by atoms with E-state index in [4.69, 9.17) is 4.74 Å². The molecule has 9 heteroatoms. The average Bonchev–Trinajstić information content (AvgIpc) is 2.92. The van der Waals surface area contributed by atoms with Gasteiger partial charge in [-0.3, -0.25) is 9.48 Å². The zero-order valence-electron chi connectivity index (χ0n) is 18.3. The molecule has 2 aliphatic heterocycles. The summed E-state index contributed by atoms with van der Waals surface area (Å²) in [5, 5.41) is 4.50. The molecule has 30 heavy (non-hydrogen) atoms. The second-order valence-corrected chi connectivity index (χ2v) is 9.34. The van der Waals surface area contributed by atoms with E-state index in [1.807, 2.05) is 6.92 Å². The van der Waals surface area contributed by atoms with Crippen molar-refractivity contribution in [2.24, 2.45) is 5.92 Å². The van der Waals surface area contributed by atoms with Gasteiger partial charge in [0.2, 0.25) is 0 Å². The SMILES string of the molecule is COC(=O)CC[C@H]1CCC(F)(F)c2c3c(nn2C1)C[C@@H](C)N(C(=O)OC(C)(C)C)C3. The lowest BCUT2D eigenvalue weighted by Gasteiger charge is -2.35. The van der Waals surface area contributed by atoms with E-state index in [2.05, 4.69) is 9.84 Å². The van der Waals surface area contributed by atoms with E-state index in [9.17, 15) is 9.59 Å². The minimum atomic E-state index is -3.04. The number of methoxy groups -OCH3 is 1. The standard InChI is InChI=1S/C21H31F2N3O4/c1-13-10-16-15(12-25(13)19(28)30-20(2,3)4)18-21(22,23)9-8-14(11-26(18)24-16)6-7-17(27)29-5/h13-14H,6-12H2,1-5H3/t13-,14+/m1/s1. The van der Waals surface area contributed by atoms with Crippen molar-refractivity contribution in [3.8, 4) is 0 Å². The number of fused-ring (bicyclic) bond motifs is 3. The van der Waals surface area contributed by atoms with Gasteiger partial charge in [-0.1, -0.05) is 0 Å². The zero-order valence-corrected chi connectivity index (χ0v) is 18.3. The summed E-state index contributed by atoms with van der Waals surface area (Å²) >= 11 is 0. The first-order chi connectivity index (χ1) is 13.9. The van der Waals surface area contributed by atoms with Crippen molar-refractivity contribution in [1.29, 1.82) is 0 Å². The number of amides is 1. The van der Waals surface area contributed by atoms with Crippen molar-refractivity contribution in [2.75, 3.05) is 7.11 Å². The highest BCUT2D eigenvalue weighted by Gasteiger charge is 2.45. The summed E-state index contributed by atoms with van der Waals surface area (Å²) in [6, 6.07) is -0.199. The summed E-state index contributed by atoms with van der Waals surface area (Å²) in [6.07, 6.45) is 0.568. The van der Waals surface area contributed by atoms with Gasteiger partial charge in [0.05, 0.1) is 19.3 Å². The molecule has 0 N–H and O–H groups in total. The quantitative estimate of drug-likeness (QED) is 0.681. The first-order valence-corrected chi connectivity index (χ1v) is 10.4. The van der Waals surface area contributed by atoms with Crippen molar-refractivity contribution in [3.63, 3.8) is 0 Å². The van der Waals surface area contributed by atoms with Gasteiger partial charge >= 0.3 is 12.1 Å². The van der Waals surface area contributed by atoms with E-state index < -0.39 is 17.6 Å². The Labute approximate surface area is 175 Å². The Morgan fingerprint density at radius 2 is 2.00 bits per heavy atom. The van der Waals surface area contributed by atoms with Gasteiger partial charge in [-0.25, -0.2) is 4.79 Å². The molecule has 7 nitrogen and oxygen atoms in total. The van der Waals surface area contributed by atoms with Crippen LogP contribution in [0.3, 0.4) is 0 Å². The molecule has 3 heterocycles. The minimum absolute atomic E-state index is 0.0587. The Kier molecular flexibility index (Phi) is 6.11. The first kappa shape index (κ1) is 22.5. The molecule has 0 saturated carbocycles. The van der Waals surface area contributed by atoms with Crippen molar-refractivity contribution in [2.45, 2.75) is 90.5 Å². The van der Waals surface area contributed by atoms with Crippen LogP contribution in [0.1, 0.15) is 70.3 Å². The lowest BCUT2D eigenvalue weighted by molar-refractivity contribution is -0.141. The Hall–Kier alpha value is -2.19. The third kappa shape index (κ3) is 4.75. The number of carbonyl (C=O) groups excluding carboxylic acids is 2. The number of esters is 1. The van der Waals surface area contributed by atoms with E-state index >= 15 is 8.78 Å². The molecule has 0 spiro atoms. The monoisotopic (exact) mass is 427 g/mol. The highest BCUT2D eigenvalue weighted by molar-refractivity contribution is 5.69. The number of aromatic nitrogens is 2. The molecule has 0 unspecified atom stereocenters. The fourth-order valence-electron chi connectivity index (χ4n) is 4.20. The van der Waals surface area contributed by atoms with Crippen LogP contribution in [0.2, 0.25) is 0 Å². The van der Waals surface area contributed by atoms with Crippen molar-refractivity contribution >= 4 is 12.1 Å². The lowest BCUT2D eigenvalue weighted by atomic mass is 9.94. The summed E-state index contributed by atoms with van der Waals surface area (Å²) in [6.45, 7) is 7.59. The third-order valence-corrected chi connectivity index (χ3v) is 5.74. The molecule has 2 atom stereocenters. The molecule has 0 aliphatic carbocycles. The predicted octanol–water partition coefficient (Wildman–Crippen LogP) is 4.02. The van der Waals surface area contributed by atoms with E-state index in [-0.39, 0.29) is 43.0 Å². The van der Waals surface area contributed by atoms with Gasteiger partial charge in [-0.15, -0.1) is 0 Å². The van der Waals surface area contributed by atoms with Crippen LogP contribution in [0.4, 0.5) is 13.6 Å². The molecule has 2 aliphatic rings. The van der Waals surface area contributed by atoms with Crippen molar-refractivity contribution in [3.05, 3.63) is 17.0 Å². The Morgan fingerprint density at radius 1 is 1.30 bits per heavy atom. The summed E-state index contributed by atoms with van der Waals surface area (Å²) in [5.41, 5.74) is 0.283. The molecule has 0 aromatic carbocycles. The van der Waals surface area contributed by atoms with Gasteiger partial charge in [0, 0.05) is 37.4 Å². The highest BCUT2D eigenvalue weighted by Crippen LogP contribution is 2.43. The fourth-order valence-corrected chi connectivity index (χ4v) is 4.20. The van der Waals surface area contributed by atoms with E-state index in [1.165, 1.54) is 16.7 Å². The second kappa shape index (κ2) is 8.15. The molecule has 1 amide bonds. The van der Waals surface area contributed by atoms with Gasteiger partial charge in [-0.2, -0.15) is 13.9 Å². The van der Waals surface area contributed by atoms with Gasteiger partial charge < -0.3 is 14.4 Å². The molecule has 3 rings (SSSR count). The van der Waals surface area contributed by atoms with Crippen LogP contribution >= 0.6 is 0 Å². The summed E-state index contributed by atoms with van der Waals surface area (Å²) in [5.74, 6) is -3.47. The Balaban J connectivity index is 1.87. The first-order valence-electron chi connectivity index (χ1n) is 10.4. The number of alkyl halides is 2. The molecule has 0 bridgehead atoms. The van der Waals surface area contributed by atoms with E-state index in [0.717, 1.165) is 0 Å². The number of carbonyl (C=O) groups is 2. The van der Waals surface area contributed by atoms with Crippen LogP contribution in [0, 0.1) is 5.92 Å². The van der Waals surface area contributed by atoms with Crippen molar-refractivity contribution < 1.29 is 27.8 Å². The summed E-state index contributed by atoms with van der Waals surface area (Å²) in [4.78, 5) is 25.6. The zero-order chi connectivity index (χ0) is 22.3. The maximum absolute atomic E-state index is 15.1. The largest absolute Gasteiger partial charge is 0.469 e. The molecular weight excluding hydrogens is 396 g/mol. The number of nitrogens with zero attached hydrogens (tertiary/aromatic N) is 3. The maximum Gasteiger partial charge on any atom is 0.410 e. The molecule has 1 aromatic heterocycles. The van der Waals surface area contributed by atoms with Gasteiger partial charge in [0.25, 0.3) is 5.92 Å². The van der Waals surface area contributed by atoms with Crippen LogP contribution in [-0.2, 0) is 39.7 Å². The van der Waals surface area contributed by atoms with E-state index in [0.29, 0.717) is 37.1 Å². The number of halogens is 2. The van der Waals surface area contributed by atoms with Gasteiger partial charge in [0.15, 0.2) is 0 Å². The summed E-state index contributed by atoms with van der Waals surface area (Å²) in [7, 11) is 1.32. The van der Waals surface area contributed by atoms with Gasteiger partial charge in [-0.05, 0) is 46.5 Å². The second-order valence-electron chi connectivity index (χ2n) is 9.34. The molecule has 168 valence electrons. The Bertz CT molecular complexity index is 816. The molecule has 0 fully saturated rings. The fraction of sp³-hybridized carbons (Fsp3) is 0.762. The lowest BCUT2D eigenvalue weighted by Crippen LogP contribution is -2.45. The molecule has 0 radical (unpaired) electrons. The predicted molar refractivity (Wildman–Crippen MR) is 105 cm³/mol. The van der Waals surface area contributed by atoms with E-state index in [1.54, 1.807) is 20.8 Å².